The normalized spacial score (nSPS) is 13.9. The molecule has 0 fully saturated rings. The van der Waals surface area contributed by atoms with Crippen LogP contribution in [0.25, 0.3) is 0 Å². The number of hydrogen-bond acceptors (Lipinski definition) is 4. The van der Waals surface area contributed by atoms with Crippen molar-refractivity contribution >= 4 is 0 Å². The van der Waals surface area contributed by atoms with Gasteiger partial charge in [-0.25, -0.2) is 9.67 Å². The molecule has 0 aliphatic carbocycles. The Labute approximate surface area is 104 Å². The van der Waals surface area contributed by atoms with Crippen LogP contribution in [0.5, 0.6) is 0 Å². The van der Waals surface area contributed by atoms with Crippen molar-refractivity contribution in [3.63, 3.8) is 0 Å². The molecule has 0 amide bonds. The third kappa shape index (κ3) is 4.83. The molecular weight excluding hydrogens is 216 g/mol. The highest BCUT2D eigenvalue weighted by Crippen LogP contribution is 2.12. The molecule has 1 heterocycles. The SMILES string of the molecule is COCCC(C)n1ncnc1CNC(C)(C)C. The van der Waals surface area contributed by atoms with Gasteiger partial charge in [0.25, 0.3) is 0 Å². The van der Waals surface area contributed by atoms with Gasteiger partial charge in [-0.1, -0.05) is 0 Å². The fourth-order valence-electron chi connectivity index (χ4n) is 1.52. The lowest BCUT2D eigenvalue weighted by Gasteiger charge is -2.21. The zero-order valence-corrected chi connectivity index (χ0v) is 11.5. The Hall–Kier alpha value is -0.940. The van der Waals surface area contributed by atoms with E-state index in [9.17, 15) is 0 Å². The van der Waals surface area contributed by atoms with Gasteiger partial charge in [0.15, 0.2) is 0 Å². The summed E-state index contributed by atoms with van der Waals surface area (Å²) < 4.78 is 7.06. The van der Waals surface area contributed by atoms with Gasteiger partial charge in [0.1, 0.15) is 12.2 Å². The molecule has 0 saturated carbocycles. The van der Waals surface area contributed by atoms with Gasteiger partial charge in [0.2, 0.25) is 0 Å². The summed E-state index contributed by atoms with van der Waals surface area (Å²) in [5.74, 6) is 0.975. The molecule has 1 aromatic heterocycles. The molecule has 1 aromatic rings. The van der Waals surface area contributed by atoms with Crippen molar-refractivity contribution in [3.8, 4) is 0 Å². The molecule has 0 radical (unpaired) electrons. The van der Waals surface area contributed by atoms with E-state index in [0.717, 1.165) is 25.4 Å². The Morgan fingerprint density at radius 3 is 2.76 bits per heavy atom. The van der Waals surface area contributed by atoms with Gasteiger partial charge in [0, 0.05) is 19.3 Å². The molecule has 0 aliphatic heterocycles. The molecule has 5 nitrogen and oxygen atoms in total. The minimum Gasteiger partial charge on any atom is -0.385 e. The van der Waals surface area contributed by atoms with E-state index in [2.05, 4.69) is 43.1 Å². The van der Waals surface area contributed by atoms with E-state index in [1.807, 2.05) is 4.68 Å². The highest BCUT2D eigenvalue weighted by atomic mass is 16.5. The lowest BCUT2D eigenvalue weighted by atomic mass is 10.1. The van der Waals surface area contributed by atoms with Crippen LogP contribution in [0.4, 0.5) is 0 Å². The average Bonchev–Trinajstić information content (AvgIpc) is 2.70. The van der Waals surface area contributed by atoms with Gasteiger partial charge in [-0.2, -0.15) is 5.10 Å². The molecular formula is C12H24N4O. The number of nitrogens with one attached hydrogen (secondary N) is 1. The zero-order chi connectivity index (χ0) is 12.9. The first-order valence-electron chi connectivity index (χ1n) is 6.06. The largest absolute Gasteiger partial charge is 0.385 e. The van der Waals surface area contributed by atoms with Crippen molar-refractivity contribution in [2.75, 3.05) is 13.7 Å². The Morgan fingerprint density at radius 2 is 2.18 bits per heavy atom. The number of nitrogens with zero attached hydrogens (tertiary/aromatic N) is 3. The monoisotopic (exact) mass is 240 g/mol. The van der Waals surface area contributed by atoms with Crippen LogP contribution < -0.4 is 5.32 Å². The predicted molar refractivity (Wildman–Crippen MR) is 67.8 cm³/mol. The summed E-state index contributed by atoms with van der Waals surface area (Å²) in [5.41, 5.74) is 0.0898. The smallest absolute Gasteiger partial charge is 0.141 e. The van der Waals surface area contributed by atoms with Crippen LogP contribution in [0.3, 0.4) is 0 Å². The summed E-state index contributed by atoms with van der Waals surface area (Å²) in [5, 5.41) is 7.70. The van der Waals surface area contributed by atoms with Crippen LogP contribution in [0.1, 0.15) is 46.0 Å². The van der Waals surface area contributed by atoms with E-state index in [1.54, 1.807) is 13.4 Å². The van der Waals surface area contributed by atoms with Crippen LogP contribution in [0.2, 0.25) is 0 Å². The summed E-state index contributed by atoms with van der Waals surface area (Å²) in [4.78, 5) is 4.30. The van der Waals surface area contributed by atoms with Crippen LogP contribution in [0.15, 0.2) is 6.33 Å². The summed E-state index contributed by atoms with van der Waals surface area (Å²) in [6.45, 7) is 10.0. The number of methoxy groups -OCH3 is 1. The van der Waals surface area contributed by atoms with E-state index in [0.29, 0.717) is 6.04 Å². The number of ether oxygens (including phenoxy) is 1. The third-order valence-electron chi connectivity index (χ3n) is 2.58. The molecule has 5 heteroatoms. The molecule has 98 valence electrons. The molecule has 0 spiro atoms. The van der Waals surface area contributed by atoms with Gasteiger partial charge < -0.3 is 10.1 Å². The topological polar surface area (TPSA) is 52.0 Å². The lowest BCUT2D eigenvalue weighted by Crippen LogP contribution is -2.36. The Kier molecular flexibility index (Phi) is 5.08. The van der Waals surface area contributed by atoms with E-state index >= 15 is 0 Å². The van der Waals surface area contributed by atoms with E-state index in [4.69, 9.17) is 4.74 Å². The predicted octanol–water partition coefficient (Wildman–Crippen LogP) is 1.76. The van der Waals surface area contributed by atoms with Gasteiger partial charge >= 0.3 is 0 Å². The van der Waals surface area contributed by atoms with Gasteiger partial charge in [-0.05, 0) is 34.1 Å². The summed E-state index contributed by atoms with van der Waals surface area (Å²) in [7, 11) is 1.72. The second-order valence-corrected chi connectivity index (χ2v) is 5.35. The molecule has 0 aliphatic rings. The minimum absolute atomic E-state index is 0.0898. The molecule has 1 rings (SSSR count). The number of hydrogen-bond donors (Lipinski definition) is 1. The fourth-order valence-corrected chi connectivity index (χ4v) is 1.52. The first-order valence-corrected chi connectivity index (χ1v) is 6.06. The fraction of sp³-hybridized carbons (Fsp3) is 0.833. The second-order valence-electron chi connectivity index (χ2n) is 5.35. The summed E-state index contributed by atoms with van der Waals surface area (Å²) in [6.07, 6.45) is 2.56. The quantitative estimate of drug-likeness (QED) is 0.823. The third-order valence-corrected chi connectivity index (χ3v) is 2.58. The first kappa shape index (κ1) is 14.1. The molecule has 0 aromatic carbocycles. The van der Waals surface area contributed by atoms with Gasteiger partial charge in [-0.15, -0.1) is 0 Å². The van der Waals surface area contributed by atoms with Crippen LogP contribution in [-0.4, -0.2) is 34.0 Å². The molecule has 1 N–H and O–H groups in total. The Morgan fingerprint density at radius 1 is 1.47 bits per heavy atom. The van der Waals surface area contributed by atoms with Crippen LogP contribution in [0, 0.1) is 0 Å². The van der Waals surface area contributed by atoms with Gasteiger partial charge in [0.05, 0.1) is 12.6 Å². The molecule has 1 atom stereocenters. The van der Waals surface area contributed by atoms with Crippen molar-refractivity contribution in [3.05, 3.63) is 12.2 Å². The van der Waals surface area contributed by atoms with E-state index < -0.39 is 0 Å². The van der Waals surface area contributed by atoms with Crippen molar-refractivity contribution < 1.29 is 4.74 Å². The highest BCUT2D eigenvalue weighted by Gasteiger charge is 2.14. The highest BCUT2D eigenvalue weighted by molar-refractivity contribution is 4.88. The van der Waals surface area contributed by atoms with Crippen molar-refractivity contribution in [1.29, 1.82) is 0 Å². The van der Waals surface area contributed by atoms with Crippen LogP contribution in [-0.2, 0) is 11.3 Å². The lowest BCUT2D eigenvalue weighted by molar-refractivity contribution is 0.177. The van der Waals surface area contributed by atoms with Crippen molar-refractivity contribution in [2.24, 2.45) is 0 Å². The summed E-state index contributed by atoms with van der Waals surface area (Å²) in [6, 6.07) is 0.314. The van der Waals surface area contributed by atoms with Crippen molar-refractivity contribution in [2.45, 2.75) is 52.2 Å². The van der Waals surface area contributed by atoms with Crippen LogP contribution >= 0.6 is 0 Å². The molecule has 0 bridgehead atoms. The average molecular weight is 240 g/mol. The standard InChI is InChI=1S/C12H24N4O/c1-10(6-7-17-5)16-11(13-9-15-16)8-14-12(2,3)4/h9-10,14H,6-8H2,1-5H3. The maximum atomic E-state index is 5.09. The maximum absolute atomic E-state index is 5.09. The summed E-state index contributed by atoms with van der Waals surface area (Å²) >= 11 is 0. The second kappa shape index (κ2) is 6.12. The molecule has 1 unspecified atom stereocenters. The zero-order valence-electron chi connectivity index (χ0n) is 11.5. The number of rotatable bonds is 6. The van der Waals surface area contributed by atoms with Gasteiger partial charge in [-0.3, -0.25) is 0 Å². The van der Waals surface area contributed by atoms with Crippen molar-refractivity contribution in [1.82, 2.24) is 20.1 Å². The molecule has 0 saturated heterocycles. The first-order chi connectivity index (χ1) is 7.94. The minimum atomic E-state index is 0.0898. The Bertz CT molecular complexity index is 329. The van der Waals surface area contributed by atoms with E-state index in [-0.39, 0.29) is 5.54 Å². The van der Waals surface area contributed by atoms with E-state index in [1.165, 1.54) is 0 Å². The number of aromatic nitrogens is 3. The Balaban J connectivity index is 2.59. The molecule has 17 heavy (non-hydrogen) atoms. The maximum Gasteiger partial charge on any atom is 0.141 e.